The number of thiophene rings is 1. The van der Waals surface area contributed by atoms with Crippen LogP contribution in [0.2, 0.25) is 13.1 Å². The Morgan fingerprint density at radius 1 is 0.875 bits per heavy atom. The summed E-state index contributed by atoms with van der Waals surface area (Å²) in [5.74, 6) is 0. The van der Waals surface area contributed by atoms with Crippen molar-refractivity contribution in [2.75, 3.05) is 0 Å². The summed E-state index contributed by atoms with van der Waals surface area (Å²) in [7, 11) is -0.972. The van der Waals surface area contributed by atoms with Gasteiger partial charge in [0.25, 0.3) is 0 Å². The number of hydrogen-bond acceptors (Lipinski definition) is 1. The summed E-state index contributed by atoms with van der Waals surface area (Å²) < 4.78 is 0.651. The van der Waals surface area contributed by atoms with Gasteiger partial charge in [-0.05, 0) is 23.9 Å². The van der Waals surface area contributed by atoms with Crippen LogP contribution < -0.4 is 24.8 Å². The van der Waals surface area contributed by atoms with Crippen LogP contribution in [-0.4, -0.2) is 8.07 Å². The normalized spacial score (nSPS) is 20.7. The van der Waals surface area contributed by atoms with E-state index in [0.29, 0.717) is 3.63 Å². The molecule has 163 valence electrons. The van der Waals surface area contributed by atoms with E-state index in [4.69, 9.17) is 0 Å². The summed E-state index contributed by atoms with van der Waals surface area (Å²) in [6, 6.07) is 17.9. The summed E-state index contributed by atoms with van der Waals surface area (Å²) in [4.78, 5) is 1.68. The molecule has 3 aromatic rings. The van der Waals surface area contributed by atoms with Crippen molar-refractivity contribution in [3.05, 3.63) is 92.2 Å². The van der Waals surface area contributed by atoms with Gasteiger partial charge in [-0.15, -0.1) is 11.3 Å². The average Bonchev–Trinajstić information content (AvgIpc) is 3.40. The fraction of sp³-hybridized carbons (Fsp3) is 0.259. The molecule has 2 unspecified atom stereocenters. The monoisotopic (exact) mass is 571 g/mol. The number of hydrogen-bond donors (Lipinski definition) is 0. The molecule has 0 nitrogen and oxygen atoms in total. The molecule has 32 heavy (non-hydrogen) atoms. The van der Waals surface area contributed by atoms with Crippen molar-refractivity contribution in [2.45, 2.75) is 43.0 Å². The van der Waals surface area contributed by atoms with Crippen molar-refractivity contribution in [1.82, 2.24) is 0 Å². The molecule has 2 aliphatic heterocycles. The standard InChI is InChI=1S/C17H15.C10H12SSi.2ClH.Zr/c1-12-6-8-14(9-7-12)16-5-3-4-15-10-13(2)11-17(15)16;1-6-9-7-4-5-11-8(7)10(6)12(9,2)3;;;/h3-11H,1-2H3;4-5,10H,1-3H3;2*1H;/q;;;;+2/p-2. The molecule has 3 heterocycles. The predicted molar refractivity (Wildman–Crippen MR) is 130 cm³/mol. The third kappa shape index (κ3) is 3.93. The molecule has 0 radical (unpaired) electrons. The molecule has 2 bridgehead atoms. The van der Waals surface area contributed by atoms with E-state index in [1.54, 1.807) is 45.9 Å². The maximum absolute atomic E-state index is 2.51. The number of aryl methyl sites for hydroxylation is 1. The van der Waals surface area contributed by atoms with Crippen LogP contribution in [0.25, 0.3) is 22.4 Å². The summed E-state index contributed by atoms with van der Waals surface area (Å²) >= 11 is 3.55. The van der Waals surface area contributed by atoms with E-state index in [-0.39, 0.29) is 24.8 Å². The maximum Gasteiger partial charge on any atom is -1.00 e. The average molecular weight is 574 g/mol. The number of fused-ring (bicyclic) bond motifs is 1. The SMILES string of the molecule is CC1=C2c3ccsc3C1[Si]2(C)C.CC1=Cc2c(-c3ccc(C)cc3)cccc2[CH]1[Zr+2].[Cl-].[Cl-]. The number of rotatable bonds is 1. The Balaban J connectivity index is 0.000000181. The first-order valence-corrected chi connectivity index (χ1v) is 16.1. The van der Waals surface area contributed by atoms with Gasteiger partial charge in [-0.3, -0.25) is 0 Å². The summed E-state index contributed by atoms with van der Waals surface area (Å²) in [5.41, 5.74) is 12.6. The number of benzene rings is 2. The van der Waals surface area contributed by atoms with Crippen LogP contribution in [-0.2, 0) is 24.7 Å². The van der Waals surface area contributed by atoms with Gasteiger partial charge in [0.2, 0.25) is 0 Å². The second kappa shape index (κ2) is 9.51. The molecular weight excluding hydrogens is 547 g/mol. The third-order valence-corrected chi connectivity index (χ3v) is 14.3. The first-order valence-electron chi connectivity index (χ1n) is 10.7. The van der Waals surface area contributed by atoms with Crippen LogP contribution in [0.3, 0.4) is 0 Å². The molecule has 0 amide bonds. The third-order valence-electron chi connectivity index (χ3n) is 7.06. The summed E-state index contributed by atoms with van der Waals surface area (Å²) in [6.45, 7) is 11.7. The van der Waals surface area contributed by atoms with Crippen molar-refractivity contribution in [1.29, 1.82) is 0 Å². The Morgan fingerprint density at radius 3 is 2.19 bits per heavy atom. The van der Waals surface area contributed by atoms with E-state index < -0.39 is 8.07 Å². The molecule has 0 N–H and O–H groups in total. The molecule has 1 aromatic heterocycles. The second-order valence-electron chi connectivity index (χ2n) is 9.41. The van der Waals surface area contributed by atoms with Crippen LogP contribution in [0.1, 0.15) is 50.1 Å². The molecule has 2 atom stereocenters. The van der Waals surface area contributed by atoms with Crippen molar-refractivity contribution in [3.63, 3.8) is 0 Å². The molecule has 0 saturated carbocycles. The second-order valence-corrected chi connectivity index (χ2v) is 16.3. The van der Waals surface area contributed by atoms with Gasteiger partial charge in [0.15, 0.2) is 0 Å². The Morgan fingerprint density at radius 2 is 1.56 bits per heavy atom. The van der Waals surface area contributed by atoms with Gasteiger partial charge in [-0.2, -0.15) is 0 Å². The zero-order chi connectivity index (χ0) is 21.2. The molecule has 0 saturated heterocycles. The molecule has 0 fully saturated rings. The number of halogens is 2. The number of allylic oxidation sites excluding steroid dienone is 2. The zero-order valence-electron chi connectivity index (χ0n) is 19.1. The topological polar surface area (TPSA) is 0 Å². The van der Waals surface area contributed by atoms with Gasteiger partial charge in [-0.1, -0.05) is 23.9 Å². The van der Waals surface area contributed by atoms with Crippen molar-refractivity contribution in [3.8, 4) is 11.1 Å². The van der Waals surface area contributed by atoms with E-state index >= 15 is 0 Å². The molecule has 5 heteroatoms. The molecule has 2 aliphatic carbocycles. The largest absolute Gasteiger partial charge is 1.00 e. The smallest absolute Gasteiger partial charge is 1.00 e. The minimum absolute atomic E-state index is 0. The first kappa shape index (κ1) is 25.9. The van der Waals surface area contributed by atoms with Crippen LogP contribution in [0.15, 0.2) is 65.1 Å². The Labute approximate surface area is 224 Å². The van der Waals surface area contributed by atoms with Gasteiger partial charge in [0.1, 0.15) is 0 Å². The first-order chi connectivity index (χ1) is 14.3. The van der Waals surface area contributed by atoms with Gasteiger partial charge >= 0.3 is 124 Å². The van der Waals surface area contributed by atoms with Gasteiger partial charge < -0.3 is 24.8 Å². The molecule has 7 rings (SSSR count). The van der Waals surface area contributed by atoms with E-state index in [9.17, 15) is 0 Å². The Bertz CT molecular complexity index is 1220. The zero-order valence-corrected chi connectivity index (χ0v) is 24.9. The fourth-order valence-corrected chi connectivity index (χ4v) is 12.8. The van der Waals surface area contributed by atoms with Crippen LogP contribution >= 0.6 is 11.3 Å². The van der Waals surface area contributed by atoms with E-state index in [1.807, 2.05) is 11.3 Å². The predicted octanol–water partition coefficient (Wildman–Crippen LogP) is 2.09. The quantitative estimate of drug-likeness (QED) is 0.392. The summed E-state index contributed by atoms with van der Waals surface area (Å²) in [6.07, 6.45) is 2.36. The van der Waals surface area contributed by atoms with Crippen molar-refractivity contribution < 1.29 is 49.5 Å². The van der Waals surface area contributed by atoms with E-state index in [1.165, 1.54) is 33.4 Å². The van der Waals surface area contributed by atoms with E-state index in [0.717, 1.165) is 5.54 Å². The van der Waals surface area contributed by atoms with Gasteiger partial charge in [-0.25, -0.2) is 0 Å². The maximum atomic E-state index is 2.51. The van der Waals surface area contributed by atoms with Crippen LogP contribution in [0.4, 0.5) is 0 Å². The molecule has 2 aromatic carbocycles. The Hall–Kier alpha value is -0.700. The molecule has 0 spiro atoms. The minimum atomic E-state index is -0.972. The van der Waals surface area contributed by atoms with Gasteiger partial charge in [0, 0.05) is 10.4 Å². The molecule has 4 aliphatic rings. The van der Waals surface area contributed by atoms with Crippen molar-refractivity contribution in [2.24, 2.45) is 0 Å². The summed E-state index contributed by atoms with van der Waals surface area (Å²) in [5, 5.41) is 4.01. The van der Waals surface area contributed by atoms with Crippen molar-refractivity contribution >= 4 is 30.7 Å². The Kier molecular flexibility index (Phi) is 7.70. The van der Waals surface area contributed by atoms with E-state index in [2.05, 4.69) is 93.9 Å². The minimum Gasteiger partial charge on any atom is -1.00 e. The fourth-order valence-electron chi connectivity index (χ4n) is 5.63. The van der Waals surface area contributed by atoms with Crippen LogP contribution in [0, 0.1) is 6.92 Å². The molecular formula is C27H27Cl2SSiZr. The van der Waals surface area contributed by atoms with Crippen LogP contribution in [0.5, 0.6) is 0 Å². The van der Waals surface area contributed by atoms with Gasteiger partial charge in [0.05, 0.1) is 8.07 Å².